The molecule has 2 N–H and O–H groups in total. The van der Waals surface area contributed by atoms with Gasteiger partial charge in [0, 0.05) is 29.6 Å². The van der Waals surface area contributed by atoms with E-state index in [-0.39, 0.29) is 12.3 Å². The van der Waals surface area contributed by atoms with Crippen LogP contribution in [0, 0.1) is 0 Å². The summed E-state index contributed by atoms with van der Waals surface area (Å²) in [6.07, 6.45) is 2.65. The number of halogens is 3. The third-order valence-electron chi connectivity index (χ3n) is 4.86. The Morgan fingerprint density at radius 3 is 2.47 bits per heavy atom. The van der Waals surface area contributed by atoms with Crippen molar-refractivity contribution in [2.45, 2.75) is 6.54 Å². The van der Waals surface area contributed by atoms with Gasteiger partial charge in [-0.25, -0.2) is 18.4 Å². The number of rotatable bonds is 7. The second-order valence-electron chi connectivity index (χ2n) is 7.46. The van der Waals surface area contributed by atoms with Gasteiger partial charge in [0.25, 0.3) is 5.91 Å². The number of nitrogens with zero attached hydrogens (tertiary/aromatic N) is 3. The SMILES string of the molecule is CS(=O)(=O)CCn1c(Nc2c(Cl)cccc2Cl)nc2cc(C(=O)Nc3cc(Cl)ccn3)ccc21. The maximum absolute atomic E-state index is 12.7. The molecule has 4 aromatic rings. The number of fused-ring (bicyclic) bond motifs is 1. The zero-order valence-corrected chi connectivity index (χ0v) is 20.8. The molecule has 0 bridgehead atoms. The molecule has 0 unspecified atom stereocenters. The van der Waals surface area contributed by atoms with Gasteiger partial charge >= 0.3 is 0 Å². The lowest BCUT2D eigenvalue weighted by atomic mass is 10.2. The Morgan fingerprint density at radius 2 is 1.79 bits per heavy atom. The van der Waals surface area contributed by atoms with E-state index in [0.717, 1.165) is 6.26 Å². The third kappa shape index (κ3) is 5.61. The van der Waals surface area contributed by atoms with Gasteiger partial charge in [-0.3, -0.25) is 4.79 Å². The molecule has 0 fully saturated rings. The van der Waals surface area contributed by atoms with Gasteiger partial charge in [-0.1, -0.05) is 40.9 Å². The van der Waals surface area contributed by atoms with Crippen molar-refractivity contribution in [1.29, 1.82) is 0 Å². The van der Waals surface area contributed by atoms with Crippen LogP contribution in [0.3, 0.4) is 0 Å². The minimum atomic E-state index is -3.24. The molecule has 0 spiro atoms. The Balaban J connectivity index is 1.72. The van der Waals surface area contributed by atoms with E-state index in [9.17, 15) is 13.2 Å². The number of sulfone groups is 1. The summed E-state index contributed by atoms with van der Waals surface area (Å²) in [7, 11) is -3.24. The number of amides is 1. The number of hydrogen-bond donors (Lipinski definition) is 2. The van der Waals surface area contributed by atoms with E-state index in [1.54, 1.807) is 47.0 Å². The molecule has 4 rings (SSSR count). The predicted octanol–water partition coefficient (Wildman–Crippen LogP) is 5.43. The molecule has 0 radical (unpaired) electrons. The number of para-hydroxylation sites is 1. The average Bonchev–Trinajstić information content (AvgIpc) is 3.10. The minimum absolute atomic E-state index is 0.105. The van der Waals surface area contributed by atoms with Gasteiger partial charge < -0.3 is 15.2 Å². The molecule has 2 aromatic carbocycles. The standard InChI is InChI=1S/C22H18Cl3N5O3S/c1-34(32,33)10-9-30-18-6-5-13(21(31)28-19-12-14(23)7-8-26-19)11-17(18)27-22(30)29-20-15(24)3-2-4-16(20)25/h2-8,11-12H,9-10H2,1H3,(H,27,29)(H,26,28,31). The second-order valence-corrected chi connectivity index (χ2v) is 11.0. The second kappa shape index (κ2) is 9.79. The normalized spacial score (nSPS) is 11.5. The van der Waals surface area contributed by atoms with Crippen LogP contribution in [0.1, 0.15) is 10.4 Å². The maximum Gasteiger partial charge on any atom is 0.256 e. The Labute approximate surface area is 210 Å². The predicted molar refractivity (Wildman–Crippen MR) is 136 cm³/mol. The van der Waals surface area contributed by atoms with Crippen LogP contribution < -0.4 is 10.6 Å². The fourth-order valence-electron chi connectivity index (χ4n) is 3.24. The lowest BCUT2D eigenvalue weighted by Gasteiger charge is -2.12. The summed E-state index contributed by atoms with van der Waals surface area (Å²) in [5.41, 5.74) is 1.88. The van der Waals surface area contributed by atoms with E-state index in [1.165, 1.54) is 12.3 Å². The third-order valence-corrected chi connectivity index (χ3v) is 6.65. The number of aromatic nitrogens is 3. The van der Waals surface area contributed by atoms with Crippen LogP contribution in [-0.2, 0) is 16.4 Å². The average molecular weight is 539 g/mol. The fraction of sp³-hybridized carbons (Fsp3) is 0.136. The molecule has 12 heteroatoms. The molecule has 0 aliphatic heterocycles. The number of aryl methyl sites for hydroxylation is 1. The Hall–Kier alpha value is -2.85. The van der Waals surface area contributed by atoms with Crippen molar-refractivity contribution in [3.05, 3.63) is 75.4 Å². The molecule has 8 nitrogen and oxygen atoms in total. The van der Waals surface area contributed by atoms with Crippen LogP contribution in [0.5, 0.6) is 0 Å². The van der Waals surface area contributed by atoms with Gasteiger partial charge in [0.2, 0.25) is 5.95 Å². The monoisotopic (exact) mass is 537 g/mol. The first-order valence-corrected chi connectivity index (χ1v) is 13.1. The molecule has 2 aromatic heterocycles. The first kappa shape index (κ1) is 24.3. The number of nitrogens with one attached hydrogen (secondary N) is 2. The quantitative estimate of drug-likeness (QED) is 0.325. The molecule has 0 aliphatic rings. The van der Waals surface area contributed by atoms with Gasteiger partial charge in [0.05, 0.1) is 32.5 Å². The molecule has 1 amide bonds. The van der Waals surface area contributed by atoms with Gasteiger partial charge in [-0.2, -0.15) is 0 Å². The highest BCUT2D eigenvalue weighted by Crippen LogP contribution is 2.33. The van der Waals surface area contributed by atoms with Gasteiger partial charge in [0.15, 0.2) is 0 Å². The van der Waals surface area contributed by atoms with Gasteiger partial charge in [-0.15, -0.1) is 0 Å². The van der Waals surface area contributed by atoms with Crippen LogP contribution >= 0.6 is 34.8 Å². The minimum Gasteiger partial charge on any atom is -0.323 e. The van der Waals surface area contributed by atoms with E-state index in [0.29, 0.717) is 49.1 Å². The summed E-state index contributed by atoms with van der Waals surface area (Å²) in [4.78, 5) is 21.4. The highest BCUT2D eigenvalue weighted by atomic mass is 35.5. The molecular formula is C22H18Cl3N5O3S. The molecule has 0 saturated heterocycles. The number of hydrogen-bond acceptors (Lipinski definition) is 6. The zero-order chi connectivity index (χ0) is 24.5. The first-order chi connectivity index (χ1) is 16.1. The summed E-state index contributed by atoms with van der Waals surface area (Å²) in [5, 5.41) is 6.98. The van der Waals surface area contributed by atoms with E-state index in [1.807, 2.05) is 0 Å². The first-order valence-electron chi connectivity index (χ1n) is 9.93. The summed E-state index contributed by atoms with van der Waals surface area (Å²) >= 11 is 18.5. The van der Waals surface area contributed by atoms with Gasteiger partial charge in [0.1, 0.15) is 15.7 Å². The van der Waals surface area contributed by atoms with Crippen LogP contribution in [0.25, 0.3) is 11.0 Å². The molecule has 34 heavy (non-hydrogen) atoms. The Bertz CT molecular complexity index is 1480. The number of imidazole rings is 1. The number of pyridine rings is 1. The van der Waals surface area contributed by atoms with E-state index in [4.69, 9.17) is 34.8 Å². The van der Waals surface area contributed by atoms with E-state index in [2.05, 4.69) is 20.6 Å². The summed E-state index contributed by atoms with van der Waals surface area (Å²) in [5.74, 6) is 0.146. The van der Waals surface area contributed by atoms with Crippen molar-refractivity contribution in [3.63, 3.8) is 0 Å². The van der Waals surface area contributed by atoms with Crippen molar-refractivity contribution in [1.82, 2.24) is 14.5 Å². The van der Waals surface area contributed by atoms with Crippen molar-refractivity contribution in [3.8, 4) is 0 Å². The summed E-state index contributed by atoms with van der Waals surface area (Å²) < 4.78 is 25.3. The largest absolute Gasteiger partial charge is 0.323 e. The lowest BCUT2D eigenvalue weighted by molar-refractivity contribution is 0.102. The fourth-order valence-corrected chi connectivity index (χ4v) is 4.41. The number of carbonyl (C=O) groups is 1. The number of carbonyl (C=O) groups excluding carboxylic acids is 1. The molecule has 2 heterocycles. The van der Waals surface area contributed by atoms with Gasteiger partial charge in [-0.05, 0) is 42.5 Å². The van der Waals surface area contributed by atoms with Crippen LogP contribution in [-0.4, -0.2) is 40.9 Å². The van der Waals surface area contributed by atoms with Crippen molar-refractivity contribution in [2.75, 3.05) is 22.6 Å². The van der Waals surface area contributed by atoms with Crippen molar-refractivity contribution < 1.29 is 13.2 Å². The topological polar surface area (TPSA) is 106 Å². The van der Waals surface area contributed by atoms with E-state index < -0.39 is 15.7 Å². The highest BCUT2D eigenvalue weighted by molar-refractivity contribution is 7.90. The summed E-state index contributed by atoms with van der Waals surface area (Å²) in [6.45, 7) is 0.137. The van der Waals surface area contributed by atoms with Crippen LogP contribution in [0.4, 0.5) is 17.5 Å². The highest BCUT2D eigenvalue weighted by Gasteiger charge is 2.17. The maximum atomic E-state index is 12.7. The molecule has 0 saturated carbocycles. The number of anilines is 3. The molecule has 0 aliphatic carbocycles. The Morgan fingerprint density at radius 1 is 1.06 bits per heavy atom. The smallest absolute Gasteiger partial charge is 0.256 e. The van der Waals surface area contributed by atoms with Crippen LogP contribution in [0.2, 0.25) is 15.1 Å². The molecular weight excluding hydrogens is 521 g/mol. The Kier molecular flexibility index (Phi) is 6.99. The summed E-state index contributed by atoms with van der Waals surface area (Å²) in [6, 6.07) is 13.1. The molecule has 0 atom stereocenters. The van der Waals surface area contributed by atoms with Crippen LogP contribution in [0.15, 0.2) is 54.7 Å². The van der Waals surface area contributed by atoms with E-state index >= 15 is 0 Å². The van der Waals surface area contributed by atoms with Crippen molar-refractivity contribution >= 4 is 79.0 Å². The molecule has 176 valence electrons. The van der Waals surface area contributed by atoms with Crippen molar-refractivity contribution in [2.24, 2.45) is 0 Å². The number of benzene rings is 2. The lowest BCUT2D eigenvalue weighted by Crippen LogP contribution is -2.14. The zero-order valence-electron chi connectivity index (χ0n) is 17.7.